The average molecular weight is 291 g/mol. The van der Waals surface area contributed by atoms with E-state index >= 15 is 0 Å². The number of rotatable bonds is 5. The Balaban J connectivity index is 2.11. The van der Waals surface area contributed by atoms with Gasteiger partial charge in [-0.05, 0) is 32.4 Å². The van der Waals surface area contributed by atoms with Crippen LogP contribution in [0.1, 0.15) is 30.5 Å². The largest absolute Gasteiger partial charge is 0.395 e. The lowest BCUT2D eigenvalue weighted by Gasteiger charge is -2.34. The Morgan fingerprint density at radius 3 is 2.71 bits per heavy atom. The van der Waals surface area contributed by atoms with Crippen LogP contribution in [0.4, 0.5) is 0 Å². The fourth-order valence-corrected chi connectivity index (χ4v) is 3.34. The van der Waals surface area contributed by atoms with Gasteiger partial charge in [0.05, 0.1) is 6.61 Å². The van der Waals surface area contributed by atoms with Crippen molar-refractivity contribution in [3.8, 4) is 0 Å². The smallest absolute Gasteiger partial charge is 0.0558 e. The summed E-state index contributed by atoms with van der Waals surface area (Å²) in [6, 6.07) is 9.08. The SMILES string of the molecule is Cc1cccc(C(C(C)N)N2CCCN(CCO)CC2)c1. The maximum Gasteiger partial charge on any atom is 0.0558 e. The lowest BCUT2D eigenvalue weighted by atomic mass is 9.97. The van der Waals surface area contributed by atoms with Crippen LogP contribution in [0.5, 0.6) is 0 Å². The highest BCUT2D eigenvalue weighted by Crippen LogP contribution is 2.25. The molecule has 3 N–H and O–H groups in total. The van der Waals surface area contributed by atoms with Crippen molar-refractivity contribution < 1.29 is 5.11 Å². The third-order valence-electron chi connectivity index (χ3n) is 4.31. The van der Waals surface area contributed by atoms with E-state index in [2.05, 4.69) is 47.9 Å². The second-order valence-corrected chi connectivity index (χ2v) is 6.17. The number of aryl methyl sites for hydroxylation is 1. The molecule has 1 saturated heterocycles. The molecule has 0 saturated carbocycles. The van der Waals surface area contributed by atoms with E-state index in [0.717, 1.165) is 39.1 Å². The zero-order chi connectivity index (χ0) is 15.2. The van der Waals surface area contributed by atoms with Crippen LogP contribution in [-0.4, -0.2) is 60.3 Å². The second kappa shape index (κ2) is 7.90. The predicted molar refractivity (Wildman–Crippen MR) is 87.3 cm³/mol. The maximum atomic E-state index is 9.11. The molecule has 2 atom stereocenters. The number of aliphatic hydroxyl groups is 1. The average Bonchev–Trinajstić information content (AvgIpc) is 2.65. The highest BCUT2D eigenvalue weighted by Gasteiger charge is 2.26. The van der Waals surface area contributed by atoms with Crippen molar-refractivity contribution >= 4 is 0 Å². The zero-order valence-electron chi connectivity index (χ0n) is 13.3. The first-order chi connectivity index (χ1) is 10.1. The summed E-state index contributed by atoms with van der Waals surface area (Å²) in [6.45, 7) is 9.42. The summed E-state index contributed by atoms with van der Waals surface area (Å²) in [4.78, 5) is 4.85. The van der Waals surface area contributed by atoms with E-state index in [1.54, 1.807) is 0 Å². The molecule has 0 radical (unpaired) electrons. The van der Waals surface area contributed by atoms with Crippen molar-refractivity contribution in [2.24, 2.45) is 5.73 Å². The van der Waals surface area contributed by atoms with Crippen LogP contribution in [0, 0.1) is 6.92 Å². The van der Waals surface area contributed by atoms with E-state index in [-0.39, 0.29) is 18.7 Å². The number of β-amino-alcohol motifs (C(OH)–C–C–N with tert-alkyl or cyclic N) is 1. The third kappa shape index (κ3) is 4.51. The molecule has 0 bridgehead atoms. The molecule has 2 unspecified atom stereocenters. The predicted octanol–water partition coefficient (Wildman–Crippen LogP) is 1.38. The van der Waals surface area contributed by atoms with Gasteiger partial charge in [0.2, 0.25) is 0 Å². The minimum absolute atomic E-state index is 0.108. The summed E-state index contributed by atoms with van der Waals surface area (Å²) in [6.07, 6.45) is 1.13. The molecule has 21 heavy (non-hydrogen) atoms. The van der Waals surface area contributed by atoms with Gasteiger partial charge in [0.1, 0.15) is 0 Å². The summed E-state index contributed by atoms with van der Waals surface area (Å²) in [5.41, 5.74) is 8.91. The molecule has 2 rings (SSSR count). The van der Waals surface area contributed by atoms with Crippen molar-refractivity contribution in [1.29, 1.82) is 0 Å². The maximum absolute atomic E-state index is 9.11. The Bertz CT molecular complexity index is 436. The van der Waals surface area contributed by atoms with Crippen LogP contribution in [-0.2, 0) is 0 Å². The molecule has 1 fully saturated rings. The molecular weight excluding hydrogens is 262 g/mol. The Kier molecular flexibility index (Phi) is 6.18. The minimum Gasteiger partial charge on any atom is -0.395 e. The van der Waals surface area contributed by atoms with Crippen molar-refractivity contribution in [2.75, 3.05) is 39.3 Å². The van der Waals surface area contributed by atoms with Crippen LogP contribution in [0.25, 0.3) is 0 Å². The van der Waals surface area contributed by atoms with Crippen LogP contribution >= 0.6 is 0 Å². The van der Waals surface area contributed by atoms with Crippen LogP contribution in [0.3, 0.4) is 0 Å². The van der Waals surface area contributed by atoms with Crippen LogP contribution < -0.4 is 5.73 Å². The van der Waals surface area contributed by atoms with E-state index in [1.807, 2.05) is 0 Å². The Labute approximate surface area is 128 Å². The summed E-state index contributed by atoms with van der Waals surface area (Å²) in [7, 11) is 0. The molecule has 1 aromatic rings. The molecule has 1 aliphatic rings. The summed E-state index contributed by atoms with van der Waals surface area (Å²) in [5.74, 6) is 0. The summed E-state index contributed by atoms with van der Waals surface area (Å²) in [5, 5.41) is 9.11. The van der Waals surface area contributed by atoms with Crippen molar-refractivity contribution in [3.05, 3.63) is 35.4 Å². The lowest BCUT2D eigenvalue weighted by Crippen LogP contribution is -2.41. The Morgan fingerprint density at radius 1 is 1.24 bits per heavy atom. The monoisotopic (exact) mass is 291 g/mol. The van der Waals surface area contributed by atoms with Crippen LogP contribution in [0.2, 0.25) is 0 Å². The van der Waals surface area contributed by atoms with E-state index in [1.165, 1.54) is 11.1 Å². The van der Waals surface area contributed by atoms with Crippen LogP contribution in [0.15, 0.2) is 24.3 Å². The quantitative estimate of drug-likeness (QED) is 0.861. The molecule has 0 aliphatic carbocycles. The molecule has 0 spiro atoms. The van der Waals surface area contributed by atoms with E-state index < -0.39 is 0 Å². The summed E-state index contributed by atoms with van der Waals surface area (Å²) >= 11 is 0. The number of hydrogen-bond acceptors (Lipinski definition) is 4. The number of aliphatic hydroxyl groups excluding tert-OH is 1. The summed E-state index contributed by atoms with van der Waals surface area (Å²) < 4.78 is 0. The lowest BCUT2D eigenvalue weighted by molar-refractivity contribution is 0.169. The standard InChI is InChI=1S/C17H29N3O/c1-14-5-3-6-16(13-14)17(15(2)18)20-8-4-7-19(9-10-20)11-12-21/h3,5-6,13,15,17,21H,4,7-12,18H2,1-2H3. The van der Waals surface area contributed by atoms with E-state index in [4.69, 9.17) is 10.8 Å². The van der Waals surface area contributed by atoms with Gasteiger partial charge in [-0.25, -0.2) is 0 Å². The molecule has 118 valence electrons. The van der Waals surface area contributed by atoms with E-state index in [0.29, 0.717) is 0 Å². The fraction of sp³-hybridized carbons (Fsp3) is 0.647. The first-order valence-corrected chi connectivity index (χ1v) is 8.01. The number of nitrogens with two attached hydrogens (primary N) is 1. The molecule has 1 aliphatic heterocycles. The van der Waals surface area contributed by atoms with Crippen molar-refractivity contribution in [1.82, 2.24) is 9.80 Å². The molecule has 0 aromatic heterocycles. The van der Waals surface area contributed by atoms with Gasteiger partial charge in [-0.1, -0.05) is 29.8 Å². The first kappa shape index (κ1) is 16.4. The molecule has 4 heteroatoms. The fourth-order valence-electron chi connectivity index (χ4n) is 3.34. The van der Waals surface area contributed by atoms with Crippen molar-refractivity contribution in [2.45, 2.75) is 32.4 Å². The van der Waals surface area contributed by atoms with Gasteiger partial charge in [-0.3, -0.25) is 9.80 Å². The Hall–Kier alpha value is -0.940. The highest BCUT2D eigenvalue weighted by atomic mass is 16.3. The number of benzene rings is 1. The van der Waals surface area contributed by atoms with Gasteiger partial charge in [0.15, 0.2) is 0 Å². The topological polar surface area (TPSA) is 52.7 Å². The minimum atomic E-state index is 0.108. The van der Waals surface area contributed by atoms with Gasteiger partial charge in [-0.15, -0.1) is 0 Å². The van der Waals surface area contributed by atoms with Gasteiger partial charge < -0.3 is 10.8 Å². The van der Waals surface area contributed by atoms with Crippen molar-refractivity contribution in [3.63, 3.8) is 0 Å². The molecule has 1 heterocycles. The first-order valence-electron chi connectivity index (χ1n) is 8.01. The number of hydrogen-bond donors (Lipinski definition) is 2. The molecule has 4 nitrogen and oxygen atoms in total. The third-order valence-corrected chi connectivity index (χ3v) is 4.31. The van der Waals surface area contributed by atoms with E-state index in [9.17, 15) is 0 Å². The van der Waals surface area contributed by atoms with Gasteiger partial charge in [0.25, 0.3) is 0 Å². The Morgan fingerprint density at radius 2 is 2.05 bits per heavy atom. The normalized spacial score (nSPS) is 21.0. The number of nitrogens with zero attached hydrogens (tertiary/aromatic N) is 2. The molecular formula is C17H29N3O. The highest BCUT2D eigenvalue weighted by molar-refractivity contribution is 5.26. The van der Waals surface area contributed by atoms with Gasteiger partial charge in [-0.2, -0.15) is 0 Å². The second-order valence-electron chi connectivity index (χ2n) is 6.17. The molecule has 1 aromatic carbocycles. The molecule has 0 amide bonds. The van der Waals surface area contributed by atoms with Gasteiger partial charge in [0, 0.05) is 38.3 Å². The zero-order valence-corrected chi connectivity index (χ0v) is 13.3. The van der Waals surface area contributed by atoms with Gasteiger partial charge >= 0.3 is 0 Å².